The molecule has 0 aromatic heterocycles. The van der Waals surface area contributed by atoms with Crippen molar-refractivity contribution in [2.75, 3.05) is 24.4 Å². The summed E-state index contributed by atoms with van der Waals surface area (Å²) in [6.07, 6.45) is 0. The molecule has 2 amide bonds. The summed E-state index contributed by atoms with van der Waals surface area (Å²) in [7, 11) is 1.51. The minimum Gasteiger partial charge on any atom is -0.496 e. The summed E-state index contributed by atoms with van der Waals surface area (Å²) in [6, 6.07) is 12.0. The molecule has 6 heteroatoms. The highest BCUT2D eigenvalue weighted by Crippen LogP contribution is 2.30. The number of anilines is 2. The van der Waals surface area contributed by atoms with Gasteiger partial charge in [-0.3, -0.25) is 9.59 Å². The highest BCUT2D eigenvalue weighted by Gasteiger charge is 2.17. The van der Waals surface area contributed by atoms with Crippen molar-refractivity contribution in [3.8, 4) is 11.5 Å². The Labute approximate surface area is 127 Å². The largest absolute Gasteiger partial charge is 0.496 e. The van der Waals surface area contributed by atoms with E-state index in [-0.39, 0.29) is 18.4 Å². The first-order valence-electron chi connectivity index (χ1n) is 6.68. The number of carbonyl (C=O) groups is 2. The summed E-state index contributed by atoms with van der Waals surface area (Å²) in [5.74, 6) is 0.561. The Morgan fingerprint density at radius 2 is 2.09 bits per heavy atom. The second kappa shape index (κ2) is 5.77. The van der Waals surface area contributed by atoms with E-state index in [1.54, 1.807) is 42.5 Å². The molecule has 6 nitrogen and oxygen atoms in total. The molecule has 1 heterocycles. The summed E-state index contributed by atoms with van der Waals surface area (Å²) >= 11 is 0. The fraction of sp³-hybridized carbons (Fsp3) is 0.125. The van der Waals surface area contributed by atoms with Crippen LogP contribution in [0.4, 0.5) is 11.4 Å². The molecule has 0 bridgehead atoms. The molecular weight excluding hydrogens is 284 g/mol. The van der Waals surface area contributed by atoms with Gasteiger partial charge in [-0.15, -0.1) is 0 Å². The van der Waals surface area contributed by atoms with Crippen LogP contribution in [0.3, 0.4) is 0 Å². The van der Waals surface area contributed by atoms with E-state index in [4.69, 9.17) is 9.47 Å². The van der Waals surface area contributed by atoms with E-state index in [2.05, 4.69) is 10.6 Å². The van der Waals surface area contributed by atoms with Crippen molar-refractivity contribution in [1.82, 2.24) is 0 Å². The summed E-state index contributed by atoms with van der Waals surface area (Å²) in [4.78, 5) is 23.6. The summed E-state index contributed by atoms with van der Waals surface area (Å²) < 4.78 is 10.4. The number of para-hydroxylation sites is 1. The van der Waals surface area contributed by atoms with E-state index in [1.807, 2.05) is 0 Å². The van der Waals surface area contributed by atoms with Crippen LogP contribution in [0.1, 0.15) is 10.4 Å². The highest BCUT2D eigenvalue weighted by molar-refractivity contribution is 6.06. The molecule has 3 rings (SSSR count). The molecule has 2 N–H and O–H groups in total. The average molecular weight is 298 g/mol. The van der Waals surface area contributed by atoms with E-state index in [1.165, 1.54) is 7.11 Å². The second-order valence-corrected chi connectivity index (χ2v) is 4.70. The maximum absolute atomic E-state index is 12.3. The number of nitrogens with one attached hydrogen (secondary N) is 2. The van der Waals surface area contributed by atoms with Gasteiger partial charge in [-0.05, 0) is 30.3 Å². The van der Waals surface area contributed by atoms with Gasteiger partial charge in [-0.1, -0.05) is 12.1 Å². The van der Waals surface area contributed by atoms with Crippen molar-refractivity contribution in [3.05, 3.63) is 48.0 Å². The summed E-state index contributed by atoms with van der Waals surface area (Å²) in [6.45, 7) is -0.0000794. The van der Waals surface area contributed by atoms with Gasteiger partial charge in [-0.2, -0.15) is 0 Å². The lowest BCUT2D eigenvalue weighted by Crippen LogP contribution is -2.25. The molecule has 0 saturated carbocycles. The lowest BCUT2D eigenvalue weighted by Gasteiger charge is -2.18. The van der Waals surface area contributed by atoms with Gasteiger partial charge >= 0.3 is 0 Å². The molecule has 0 unspecified atom stereocenters. The maximum Gasteiger partial charge on any atom is 0.262 e. The van der Waals surface area contributed by atoms with Crippen molar-refractivity contribution < 1.29 is 19.1 Å². The Balaban J connectivity index is 1.82. The van der Waals surface area contributed by atoms with Gasteiger partial charge < -0.3 is 20.1 Å². The van der Waals surface area contributed by atoms with Crippen molar-refractivity contribution in [2.24, 2.45) is 0 Å². The van der Waals surface area contributed by atoms with Crippen LogP contribution >= 0.6 is 0 Å². The zero-order chi connectivity index (χ0) is 15.5. The minimum absolute atomic E-state index is 0.0000794. The second-order valence-electron chi connectivity index (χ2n) is 4.70. The van der Waals surface area contributed by atoms with Crippen LogP contribution in [0.2, 0.25) is 0 Å². The quantitative estimate of drug-likeness (QED) is 0.911. The molecule has 0 atom stereocenters. The van der Waals surface area contributed by atoms with Crippen LogP contribution in [-0.4, -0.2) is 25.5 Å². The topological polar surface area (TPSA) is 76.7 Å². The monoisotopic (exact) mass is 298 g/mol. The van der Waals surface area contributed by atoms with Crippen molar-refractivity contribution in [1.29, 1.82) is 0 Å². The number of hydrogen-bond donors (Lipinski definition) is 2. The molecule has 1 aliphatic rings. The molecule has 22 heavy (non-hydrogen) atoms. The Bertz CT molecular complexity index is 743. The maximum atomic E-state index is 12.3. The molecule has 0 saturated heterocycles. The van der Waals surface area contributed by atoms with Gasteiger partial charge in [0, 0.05) is 5.69 Å². The molecular formula is C16H14N2O4. The van der Waals surface area contributed by atoms with Gasteiger partial charge in [0.25, 0.3) is 11.8 Å². The Hall–Kier alpha value is -3.02. The number of hydrogen-bond acceptors (Lipinski definition) is 4. The average Bonchev–Trinajstić information content (AvgIpc) is 2.54. The van der Waals surface area contributed by atoms with Gasteiger partial charge in [-0.25, -0.2) is 0 Å². The van der Waals surface area contributed by atoms with Crippen LogP contribution in [0.25, 0.3) is 0 Å². The van der Waals surface area contributed by atoms with E-state index in [9.17, 15) is 9.59 Å². The van der Waals surface area contributed by atoms with Crippen LogP contribution in [0.15, 0.2) is 42.5 Å². The third-order valence-electron chi connectivity index (χ3n) is 3.22. The molecule has 1 aliphatic heterocycles. The first-order chi connectivity index (χ1) is 10.7. The third-order valence-corrected chi connectivity index (χ3v) is 3.22. The highest BCUT2D eigenvalue weighted by atomic mass is 16.5. The fourth-order valence-corrected chi connectivity index (χ4v) is 2.19. The summed E-state index contributed by atoms with van der Waals surface area (Å²) in [5.41, 5.74) is 1.53. The fourth-order valence-electron chi connectivity index (χ4n) is 2.19. The normalized spacial score (nSPS) is 12.7. The molecule has 2 aromatic carbocycles. The zero-order valence-corrected chi connectivity index (χ0v) is 11.9. The lowest BCUT2D eigenvalue weighted by atomic mass is 10.1. The first kappa shape index (κ1) is 13.9. The molecule has 0 radical (unpaired) electrons. The Kier molecular flexibility index (Phi) is 3.65. The van der Waals surface area contributed by atoms with Crippen molar-refractivity contribution in [2.45, 2.75) is 0 Å². The molecule has 112 valence electrons. The smallest absolute Gasteiger partial charge is 0.262 e. The standard InChI is InChI=1S/C16H14N2O4/c1-21-13-5-3-2-4-11(13)16(20)17-10-6-7-14-12(8-10)18-15(19)9-22-14/h2-8H,9H2,1H3,(H,17,20)(H,18,19). The van der Waals surface area contributed by atoms with Crippen LogP contribution in [0, 0.1) is 0 Å². The number of carbonyl (C=O) groups excluding carboxylic acids is 2. The van der Waals surface area contributed by atoms with Gasteiger partial charge in [0.05, 0.1) is 18.4 Å². The van der Waals surface area contributed by atoms with Crippen molar-refractivity contribution >= 4 is 23.2 Å². The van der Waals surface area contributed by atoms with E-state index in [0.29, 0.717) is 28.4 Å². The molecule has 2 aromatic rings. The molecule has 0 aliphatic carbocycles. The number of fused-ring (bicyclic) bond motifs is 1. The predicted molar refractivity (Wildman–Crippen MR) is 81.5 cm³/mol. The number of ether oxygens (including phenoxy) is 2. The van der Waals surface area contributed by atoms with Crippen LogP contribution < -0.4 is 20.1 Å². The van der Waals surface area contributed by atoms with E-state index in [0.717, 1.165) is 0 Å². The predicted octanol–water partition coefficient (Wildman–Crippen LogP) is 2.28. The number of benzene rings is 2. The van der Waals surface area contributed by atoms with E-state index < -0.39 is 0 Å². The number of methoxy groups -OCH3 is 1. The van der Waals surface area contributed by atoms with Gasteiger partial charge in [0.1, 0.15) is 11.5 Å². The third kappa shape index (κ3) is 2.71. The number of rotatable bonds is 3. The lowest BCUT2D eigenvalue weighted by molar-refractivity contribution is -0.118. The SMILES string of the molecule is COc1ccccc1C(=O)Nc1ccc2c(c1)NC(=O)CO2. The number of amides is 2. The zero-order valence-electron chi connectivity index (χ0n) is 11.9. The summed E-state index contributed by atoms with van der Waals surface area (Å²) in [5, 5.41) is 5.47. The molecule has 0 fully saturated rings. The van der Waals surface area contributed by atoms with Crippen molar-refractivity contribution in [3.63, 3.8) is 0 Å². The Morgan fingerprint density at radius 1 is 1.27 bits per heavy atom. The molecule has 0 spiro atoms. The first-order valence-corrected chi connectivity index (χ1v) is 6.68. The van der Waals surface area contributed by atoms with Crippen LogP contribution in [0.5, 0.6) is 11.5 Å². The minimum atomic E-state index is -0.291. The Morgan fingerprint density at radius 3 is 2.91 bits per heavy atom. The van der Waals surface area contributed by atoms with E-state index >= 15 is 0 Å². The van der Waals surface area contributed by atoms with Gasteiger partial charge in [0.15, 0.2) is 6.61 Å². The van der Waals surface area contributed by atoms with Crippen LogP contribution in [-0.2, 0) is 4.79 Å². The van der Waals surface area contributed by atoms with Gasteiger partial charge in [0.2, 0.25) is 0 Å².